The highest BCUT2D eigenvalue weighted by atomic mass is 16.2. The standard InChI is InChI=1S/C18H18N2O/c1-13-8-10-15(11-9-13)12-17-14(2)19-20(18(17)21)16-6-4-3-5-7-16/h3-11,17H,12H2,1-2H3/t17-/m1/s1. The van der Waals surface area contributed by atoms with Crippen LogP contribution in [0.4, 0.5) is 5.69 Å². The van der Waals surface area contributed by atoms with Crippen molar-refractivity contribution in [2.24, 2.45) is 11.0 Å². The summed E-state index contributed by atoms with van der Waals surface area (Å²) in [7, 11) is 0. The van der Waals surface area contributed by atoms with Crippen molar-refractivity contribution in [1.82, 2.24) is 0 Å². The highest BCUT2D eigenvalue weighted by Crippen LogP contribution is 2.25. The quantitative estimate of drug-likeness (QED) is 0.844. The Kier molecular flexibility index (Phi) is 3.57. The molecule has 1 aliphatic rings. The minimum atomic E-state index is -0.159. The summed E-state index contributed by atoms with van der Waals surface area (Å²) in [4.78, 5) is 12.6. The fourth-order valence-corrected chi connectivity index (χ4v) is 2.55. The second-order valence-electron chi connectivity index (χ2n) is 5.47. The zero-order chi connectivity index (χ0) is 14.8. The van der Waals surface area contributed by atoms with E-state index in [4.69, 9.17) is 0 Å². The van der Waals surface area contributed by atoms with Crippen LogP contribution < -0.4 is 5.01 Å². The zero-order valence-corrected chi connectivity index (χ0v) is 12.3. The third kappa shape index (κ3) is 2.72. The van der Waals surface area contributed by atoms with Gasteiger partial charge in [-0.05, 0) is 38.0 Å². The van der Waals surface area contributed by atoms with Crippen molar-refractivity contribution in [2.75, 3.05) is 5.01 Å². The first-order valence-corrected chi connectivity index (χ1v) is 7.15. The molecule has 0 fully saturated rings. The predicted octanol–water partition coefficient (Wildman–Crippen LogP) is 3.58. The monoisotopic (exact) mass is 278 g/mol. The van der Waals surface area contributed by atoms with Crippen LogP contribution in [0.25, 0.3) is 0 Å². The summed E-state index contributed by atoms with van der Waals surface area (Å²) in [6.07, 6.45) is 0.706. The number of hydrogen-bond donors (Lipinski definition) is 0. The van der Waals surface area contributed by atoms with E-state index in [1.54, 1.807) is 0 Å². The van der Waals surface area contributed by atoms with Gasteiger partial charge in [-0.1, -0.05) is 48.0 Å². The van der Waals surface area contributed by atoms with E-state index >= 15 is 0 Å². The highest BCUT2D eigenvalue weighted by molar-refractivity contribution is 6.14. The van der Waals surface area contributed by atoms with E-state index < -0.39 is 0 Å². The molecule has 1 aliphatic heterocycles. The molecule has 2 aromatic carbocycles. The van der Waals surface area contributed by atoms with Crippen molar-refractivity contribution in [3.8, 4) is 0 Å². The van der Waals surface area contributed by atoms with Crippen LogP contribution in [-0.4, -0.2) is 11.6 Å². The number of nitrogens with zero attached hydrogens (tertiary/aromatic N) is 2. The molecule has 0 N–H and O–H groups in total. The number of anilines is 1. The number of hydrazone groups is 1. The van der Waals surface area contributed by atoms with Crippen LogP contribution in [0, 0.1) is 12.8 Å². The summed E-state index contributed by atoms with van der Waals surface area (Å²) in [6, 6.07) is 17.9. The average molecular weight is 278 g/mol. The van der Waals surface area contributed by atoms with Crippen LogP contribution in [0.3, 0.4) is 0 Å². The predicted molar refractivity (Wildman–Crippen MR) is 85.4 cm³/mol. The zero-order valence-electron chi connectivity index (χ0n) is 12.3. The van der Waals surface area contributed by atoms with E-state index in [1.165, 1.54) is 16.1 Å². The molecule has 1 heterocycles. The second-order valence-corrected chi connectivity index (χ2v) is 5.47. The molecule has 3 rings (SSSR count). The molecular formula is C18H18N2O. The summed E-state index contributed by atoms with van der Waals surface area (Å²) in [5.41, 5.74) is 4.11. The fourth-order valence-electron chi connectivity index (χ4n) is 2.55. The molecule has 0 spiro atoms. The van der Waals surface area contributed by atoms with Gasteiger partial charge in [0.25, 0.3) is 5.91 Å². The molecule has 1 amide bonds. The van der Waals surface area contributed by atoms with E-state index in [9.17, 15) is 4.79 Å². The van der Waals surface area contributed by atoms with Crippen molar-refractivity contribution in [3.05, 3.63) is 65.7 Å². The number of hydrogen-bond acceptors (Lipinski definition) is 2. The molecule has 2 aromatic rings. The van der Waals surface area contributed by atoms with Gasteiger partial charge in [0.05, 0.1) is 11.6 Å². The van der Waals surface area contributed by atoms with E-state index in [0.717, 1.165) is 11.4 Å². The van der Waals surface area contributed by atoms with Gasteiger partial charge in [0.15, 0.2) is 0 Å². The Balaban J connectivity index is 1.81. The third-order valence-electron chi connectivity index (χ3n) is 3.83. The van der Waals surface area contributed by atoms with Crippen molar-refractivity contribution in [3.63, 3.8) is 0 Å². The summed E-state index contributed by atoms with van der Waals surface area (Å²) in [5, 5.41) is 5.96. The maximum atomic E-state index is 12.6. The molecule has 3 heteroatoms. The lowest BCUT2D eigenvalue weighted by Crippen LogP contribution is -2.28. The van der Waals surface area contributed by atoms with Gasteiger partial charge in [-0.25, -0.2) is 5.01 Å². The lowest BCUT2D eigenvalue weighted by molar-refractivity contribution is -0.119. The van der Waals surface area contributed by atoms with Gasteiger partial charge in [0, 0.05) is 5.71 Å². The molecule has 0 saturated carbocycles. The average Bonchev–Trinajstić information content (AvgIpc) is 2.78. The molecule has 0 unspecified atom stereocenters. The number of rotatable bonds is 3. The van der Waals surface area contributed by atoms with Crippen LogP contribution in [0.15, 0.2) is 59.7 Å². The molecule has 1 atom stereocenters. The minimum Gasteiger partial charge on any atom is -0.272 e. The van der Waals surface area contributed by atoms with E-state index in [2.05, 4.69) is 36.3 Å². The molecule has 21 heavy (non-hydrogen) atoms. The van der Waals surface area contributed by atoms with E-state index in [0.29, 0.717) is 6.42 Å². The second kappa shape index (κ2) is 5.52. The van der Waals surface area contributed by atoms with Crippen LogP contribution in [-0.2, 0) is 11.2 Å². The Labute approximate surface area is 124 Å². The summed E-state index contributed by atoms with van der Waals surface area (Å²) in [6.45, 7) is 3.99. The maximum Gasteiger partial charge on any atom is 0.256 e. The number of para-hydroxylation sites is 1. The first-order valence-electron chi connectivity index (χ1n) is 7.15. The van der Waals surface area contributed by atoms with Gasteiger partial charge >= 0.3 is 0 Å². The lowest BCUT2D eigenvalue weighted by atomic mass is 9.95. The van der Waals surface area contributed by atoms with Crippen LogP contribution in [0.5, 0.6) is 0 Å². The number of benzene rings is 2. The normalized spacial score (nSPS) is 18.0. The van der Waals surface area contributed by atoms with Gasteiger partial charge in [-0.15, -0.1) is 0 Å². The highest BCUT2D eigenvalue weighted by Gasteiger charge is 2.34. The smallest absolute Gasteiger partial charge is 0.256 e. The molecule has 106 valence electrons. The van der Waals surface area contributed by atoms with Gasteiger partial charge in [-0.2, -0.15) is 5.10 Å². The van der Waals surface area contributed by atoms with E-state index in [1.807, 2.05) is 37.3 Å². The lowest BCUT2D eigenvalue weighted by Gasteiger charge is -2.14. The first kappa shape index (κ1) is 13.6. The van der Waals surface area contributed by atoms with E-state index in [-0.39, 0.29) is 11.8 Å². The van der Waals surface area contributed by atoms with Gasteiger partial charge in [-0.3, -0.25) is 4.79 Å². The van der Waals surface area contributed by atoms with Crippen molar-refractivity contribution < 1.29 is 4.79 Å². The third-order valence-corrected chi connectivity index (χ3v) is 3.83. The number of carbonyl (C=O) groups is 1. The largest absolute Gasteiger partial charge is 0.272 e. The Morgan fingerprint density at radius 3 is 2.33 bits per heavy atom. The minimum absolute atomic E-state index is 0.0549. The molecule has 3 nitrogen and oxygen atoms in total. The van der Waals surface area contributed by atoms with Crippen LogP contribution in [0.1, 0.15) is 18.1 Å². The summed E-state index contributed by atoms with van der Waals surface area (Å²) in [5.74, 6) is -0.104. The molecule has 0 aromatic heterocycles. The van der Waals surface area contributed by atoms with Gasteiger partial charge in [0.1, 0.15) is 0 Å². The Morgan fingerprint density at radius 2 is 1.67 bits per heavy atom. The molecule has 0 bridgehead atoms. The Hall–Kier alpha value is -2.42. The summed E-state index contributed by atoms with van der Waals surface area (Å²) >= 11 is 0. The topological polar surface area (TPSA) is 32.7 Å². The van der Waals surface area contributed by atoms with Crippen molar-refractivity contribution >= 4 is 17.3 Å². The maximum absolute atomic E-state index is 12.6. The SMILES string of the molecule is CC1=NN(c2ccccc2)C(=O)[C@@H]1Cc1ccc(C)cc1. The molecule has 0 aliphatic carbocycles. The summed E-state index contributed by atoms with van der Waals surface area (Å²) < 4.78 is 0. The van der Waals surface area contributed by atoms with Crippen LogP contribution >= 0.6 is 0 Å². The molecular weight excluding hydrogens is 260 g/mol. The van der Waals surface area contributed by atoms with Crippen molar-refractivity contribution in [1.29, 1.82) is 0 Å². The number of carbonyl (C=O) groups excluding carboxylic acids is 1. The van der Waals surface area contributed by atoms with Crippen molar-refractivity contribution in [2.45, 2.75) is 20.3 Å². The number of aryl methyl sites for hydroxylation is 1. The first-order chi connectivity index (χ1) is 10.1. The van der Waals surface area contributed by atoms with Gasteiger partial charge < -0.3 is 0 Å². The Bertz CT molecular complexity index is 674. The van der Waals surface area contributed by atoms with Crippen LogP contribution in [0.2, 0.25) is 0 Å². The molecule has 0 saturated heterocycles. The molecule has 0 radical (unpaired) electrons. The Morgan fingerprint density at radius 1 is 1.00 bits per heavy atom. The number of amides is 1. The van der Waals surface area contributed by atoms with Gasteiger partial charge in [0.2, 0.25) is 0 Å². The fraction of sp³-hybridized carbons (Fsp3) is 0.222.